The highest BCUT2D eigenvalue weighted by Gasteiger charge is 2.05. The lowest BCUT2D eigenvalue weighted by atomic mass is 10.2. The largest absolute Gasteiger partial charge is 0.467 e. The summed E-state index contributed by atoms with van der Waals surface area (Å²) in [5.74, 6) is 2.46. The zero-order chi connectivity index (χ0) is 13.1. The molecule has 0 bridgehead atoms. The van der Waals surface area contributed by atoms with Crippen LogP contribution in [0, 0.1) is 0 Å². The quantitative estimate of drug-likeness (QED) is 0.773. The van der Waals surface area contributed by atoms with E-state index in [9.17, 15) is 0 Å². The Labute approximate surface area is 110 Å². The number of anilines is 1. The number of hydrogen-bond donors (Lipinski definition) is 1. The molecular formula is C13H13N5O. The molecule has 0 aliphatic carbocycles. The third-order valence-corrected chi connectivity index (χ3v) is 2.76. The van der Waals surface area contributed by atoms with Crippen molar-refractivity contribution in [1.29, 1.82) is 0 Å². The molecule has 0 aromatic carbocycles. The van der Waals surface area contributed by atoms with Gasteiger partial charge >= 0.3 is 0 Å². The normalized spacial score (nSPS) is 10.6. The lowest BCUT2D eigenvalue weighted by Gasteiger charge is -2.04. The monoisotopic (exact) mass is 255 g/mol. The van der Waals surface area contributed by atoms with Crippen molar-refractivity contribution in [3.63, 3.8) is 0 Å². The summed E-state index contributed by atoms with van der Waals surface area (Å²) < 4.78 is 7.10. The zero-order valence-corrected chi connectivity index (χ0v) is 10.4. The highest BCUT2D eigenvalue weighted by molar-refractivity contribution is 5.55. The molecule has 0 saturated heterocycles. The number of aromatic nitrogens is 4. The van der Waals surface area contributed by atoms with Gasteiger partial charge in [-0.15, -0.1) is 10.2 Å². The number of furan rings is 1. The molecule has 19 heavy (non-hydrogen) atoms. The van der Waals surface area contributed by atoms with Crippen LogP contribution in [0.15, 0.2) is 47.5 Å². The number of hydrogen-bond acceptors (Lipinski definition) is 5. The highest BCUT2D eigenvalue weighted by atomic mass is 16.3. The molecule has 0 aliphatic rings. The van der Waals surface area contributed by atoms with Gasteiger partial charge in [-0.3, -0.25) is 0 Å². The van der Waals surface area contributed by atoms with Crippen LogP contribution in [0.5, 0.6) is 0 Å². The molecule has 0 amide bonds. The Hall–Kier alpha value is -2.63. The van der Waals surface area contributed by atoms with Crippen LogP contribution < -0.4 is 5.32 Å². The smallest absolute Gasteiger partial charge is 0.165 e. The van der Waals surface area contributed by atoms with Crippen LogP contribution in [-0.2, 0) is 13.6 Å². The molecule has 0 radical (unpaired) electrons. The first-order valence-electron chi connectivity index (χ1n) is 5.89. The summed E-state index contributed by atoms with van der Waals surface area (Å²) in [4.78, 5) is 4.34. The van der Waals surface area contributed by atoms with Crippen LogP contribution in [0.1, 0.15) is 5.76 Å². The molecule has 0 spiro atoms. The summed E-state index contributed by atoms with van der Waals surface area (Å²) in [5, 5.41) is 11.1. The second-order valence-corrected chi connectivity index (χ2v) is 4.13. The number of aryl methyl sites for hydroxylation is 1. The predicted octanol–water partition coefficient (Wildman–Crippen LogP) is 2.08. The lowest BCUT2D eigenvalue weighted by Crippen LogP contribution is -2.00. The van der Waals surface area contributed by atoms with E-state index >= 15 is 0 Å². The number of rotatable bonds is 4. The van der Waals surface area contributed by atoms with Crippen molar-refractivity contribution in [2.45, 2.75) is 6.54 Å². The predicted molar refractivity (Wildman–Crippen MR) is 70.3 cm³/mol. The molecule has 0 aliphatic heterocycles. The summed E-state index contributed by atoms with van der Waals surface area (Å²) in [7, 11) is 1.90. The maximum Gasteiger partial charge on any atom is 0.165 e. The Morgan fingerprint density at radius 2 is 2.26 bits per heavy atom. The molecule has 3 aromatic heterocycles. The third kappa shape index (κ3) is 2.47. The fraction of sp³-hybridized carbons (Fsp3) is 0.154. The molecule has 96 valence electrons. The Kier molecular flexibility index (Phi) is 2.97. The summed E-state index contributed by atoms with van der Waals surface area (Å²) in [6.45, 7) is 0.614. The number of nitrogens with one attached hydrogen (secondary N) is 1. The molecule has 3 heterocycles. The van der Waals surface area contributed by atoms with Crippen molar-refractivity contribution in [3.8, 4) is 11.4 Å². The van der Waals surface area contributed by atoms with Gasteiger partial charge in [0.05, 0.1) is 12.8 Å². The number of pyridine rings is 1. The average molecular weight is 255 g/mol. The summed E-state index contributed by atoms with van der Waals surface area (Å²) in [6.07, 6.45) is 5.09. The molecule has 1 N–H and O–H groups in total. The molecule has 3 rings (SSSR count). The zero-order valence-electron chi connectivity index (χ0n) is 10.4. The Morgan fingerprint density at radius 3 is 2.89 bits per heavy atom. The van der Waals surface area contributed by atoms with Crippen molar-refractivity contribution >= 4 is 5.82 Å². The van der Waals surface area contributed by atoms with E-state index in [-0.39, 0.29) is 0 Å². The Morgan fingerprint density at radius 1 is 1.32 bits per heavy atom. The maximum absolute atomic E-state index is 5.24. The van der Waals surface area contributed by atoms with Gasteiger partial charge in [-0.25, -0.2) is 4.98 Å². The van der Waals surface area contributed by atoms with E-state index in [2.05, 4.69) is 20.5 Å². The van der Waals surface area contributed by atoms with Crippen molar-refractivity contribution in [2.24, 2.45) is 7.05 Å². The molecule has 0 atom stereocenters. The molecule has 6 heteroatoms. The van der Waals surface area contributed by atoms with E-state index in [0.29, 0.717) is 6.54 Å². The first-order chi connectivity index (χ1) is 9.33. The van der Waals surface area contributed by atoms with Gasteiger partial charge in [0.25, 0.3) is 0 Å². The van der Waals surface area contributed by atoms with Gasteiger partial charge in [0, 0.05) is 18.8 Å². The van der Waals surface area contributed by atoms with Crippen LogP contribution in [0.3, 0.4) is 0 Å². The van der Waals surface area contributed by atoms with Crippen LogP contribution in [0.4, 0.5) is 5.82 Å². The molecule has 0 fully saturated rings. The fourth-order valence-electron chi connectivity index (χ4n) is 1.77. The van der Waals surface area contributed by atoms with Gasteiger partial charge in [-0.05, 0) is 24.3 Å². The van der Waals surface area contributed by atoms with Gasteiger partial charge in [-0.2, -0.15) is 0 Å². The second-order valence-electron chi connectivity index (χ2n) is 4.13. The number of nitrogens with zero attached hydrogens (tertiary/aromatic N) is 4. The first kappa shape index (κ1) is 11.5. The van der Waals surface area contributed by atoms with Gasteiger partial charge in [0.15, 0.2) is 5.82 Å². The van der Waals surface area contributed by atoms with Crippen LogP contribution in [0.2, 0.25) is 0 Å². The van der Waals surface area contributed by atoms with Crippen molar-refractivity contribution in [3.05, 3.63) is 48.8 Å². The van der Waals surface area contributed by atoms with Gasteiger partial charge in [0.2, 0.25) is 0 Å². The SMILES string of the molecule is Cn1cnnc1-c1ccc(NCc2ccco2)nc1. The summed E-state index contributed by atoms with van der Waals surface area (Å²) in [5.41, 5.74) is 0.934. The van der Waals surface area contributed by atoms with E-state index < -0.39 is 0 Å². The third-order valence-electron chi connectivity index (χ3n) is 2.76. The van der Waals surface area contributed by atoms with Gasteiger partial charge in [-0.1, -0.05) is 0 Å². The molecule has 3 aromatic rings. The molecule has 6 nitrogen and oxygen atoms in total. The van der Waals surface area contributed by atoms with E-state index in [4.69, 9.17) is 4.42 Å². The van der Waals surface area contributed by atoms with Crippen LogP contribution in [-0.4, -0.2) is 19.7 Å². The van der Waals surface area contributed by atoms with E-state index in [1.54, 1.807) is 18.8 Å². The van der Waals surface area contributed by atoms with E-state index in [0.717, 1.165) is 23.0 Å². The molecule has 0 unspecified atom stereocenters. The average Bonchev–Trinajstić information content (AvgIpc) is 3.08. The Balaban J connectivity index is 1.71. The second kappa shape index (κ2) is 4.93. The standard InChI is InChI=1S/C13H13N5O/c1-18-9-16-17-13(18)10-4-5-12(14-7-10)15-8-11-3-2-6-19-11/h2-7,9H,8H2,1H3,(H,14,15). The van der Waals surface area contributed by atoms with Crippen molar-refractivity contribution in [1.82, 2.24) is 19.7 Å². The fourth-order valence-corrected chi connectivity index (χ4v) is 1.77. The lowest BCUT2D eigenvalue weighted by molar-refractivity contribution is 0.518. The summed E-state index contributed by atoms with van der Waals surface area (Å²) in [6, 6.07) is 7.65. The first-order valence-corrected chi connectivity index (χ1v) is 5.89. The van der Waals surface area contributed by atoms with Crippen molar-refractivity contribution in [2.75, 3.05) is 5.32 Å². The highest BCUT2D eigenvalue weighted by Crippen LogP contribution is 2.16. The minimum Gasteiger partial charge on any atom is -0.467 e. The minimum atomic E-state index is 0.614. The topological polar surface area (TPSA) is 68.8 Å². The molecule has 0 saturated carbocycles. The Bertz CT molecular complexity index is 642. The van der Waals surface area contributed by atoms with Gasteiger partial charge in [0.1, 0.15) is 17.9 Å². The van der Waals surface area contributed by atoms with E-state index in [1.165, 1.54) is 0 Å². The maximum atomic E-state index is 5.24. The van der Waals surface area contributed by atoms with Crippen LogP contribution >= 0.6 is 0 Å². The van der Waals surface area contributed by atoms with Crippen molar-refractivity contribution < 1.29 is 4.42 Å². The van der Waals surface area contributed by atoms with Gasteiger partial charge < -0.3 is 14.3 Å². The summed E-state index contributed by atoms with van der Waals surface area (Å²) >= 11 is 0. The molecular weight excluding hydrogens is 242 g/mol. The van der Waals surface area contributed by atoms with Crippen LogP contribution in [0.25, 0.3) is 11.4 Å². The van der Waals surface area contributed by atoms with E-state index in [1.807, 2.05) is 35.9 Å². The minimum absolute atomic E-state index is 0.614.